The van der Waals surface area contributed by atoms with E-state index in [4.69, 9.17) is 9.47 Å². The van der Waals surface area contributed by atoms with Crippen molar-refractivity contribution in [1.29, 1.82) is 0 Å². The van der Waals surface area contributed by atoms with Gasteiger partial charge >= 0.3 is 0 Å². The lowest BCUT2D eigenvalue weighted by molar-refractivity contribution is 0.214. The van der Waals surface area contributed by atoms with Crippen LogP contribution in [0, 0.1) is 0 Å². The molecule has 78 valence electrons. The zero-order chi connectivity index (χ0) is 10.2. The highest BCUT2D eigenvalue weighted by molar-refractivity contribution is 5.28. The molecule has 0 amide bonds. The Labute approximate surface area is 85.9 Å². The van der Waals surface area contributed by atoms with Crippen LogP contribution in [0.4, 0.5) is 0 Å². The Morgan fingerprint density at radius 2 is 1.43 bits per heavy atom. The molecule has 0 aromatic rings. The Bertz CT molecular complexity index is 225. The van der Waals surface area contributed by atoms with Crippen LogP contribution in [0.2, 0.25) is 0 Å². The number of ether oxygens (including phenoxy) is 2. The molecular formula is C12H18O2. The number of allylic oxidation sites excluding steroid dienone is 4. The zero-order valence-electron chi connectivity index (χ0n) is 8.95. The summed E-state index contributed by atoms with van der Waals surface area (Å²) in [6.45, 7) is 5.52. The molecule has 1 heterocycles. The van der Waals surface area contributed by atoms with Crippen LogP contribution in [0.15, 0.2) is 35.8 Å². The molecule has 2 rings (SSSR count). The van der Waals surface area contributed by atoms with E-state index in [0.29, 0.717) is 0 Å². The maximum absolute atomic E-state index is 5.50. The molecule has 0 radical (unpaired) electrons. The van der Waals surface area contributed by atoms with E-state index in [1.807, 2.05) is 26.0 Å². The predicted molar refractivity (Wildman–Crippen MR) is 57.8 cm³/mol. The van der Waals surface area contributed by atoms with E-state index in [1.54, 1.807) is 0 Å². The van der Waals surface area contributed by atoms with E-state index in [2.05, 4.69) is 12.2 Å². The first-order valence-corrected chi connectivity index (χ1v) is 5.30. The van der Waals surface area contributed by atoms with E-state index in [9.17, 15) is 0 Å². The minimum Gasteiger partial charge on any atom is -0.490 e. The van der Waals surface area contributed by atoms with Gasteiger partial charge in [0.25, 0.3) is 0 Å². The molecular weight excluding hydrogens is 176 g/mol. The van der Waals surface area contributed by atoms with E-state index < -0.39 is 0 Å². The molecule has 0 aromatic heterocycles. The van der Waals surface area contributed by atoms with Crippen LogP contribution in [-0.2, 0) is 9.47 Å². The monoisotopic (exact) mass is 194 g/mol. The minimum atomic E-state index is 0.761. The summed E-state index contributed by atoms with van der Waals surface area (Å²) in [6, 6.07) is 0. The first-order chi connectivity index (χ1) is 6.97. The van der Waals surface area contributed by atoms with Gasteiger partial charge in [0.05, 0.1) is 13.2 Å². The largest absolute Gasteiger partial charge is 0.490 e. The fourth-order valence-corrected chi connectivity index (χ4v) is 1.25. The summed E-state index contributed by atoms with van der Waals surface area (Å²) in [5.74, 6) is 1.75. The maximum atomic E-state index is 5.50. The van der Waals surface area contributed by atoms with Crippen molar-refractivity contribution in [2.75, 3.05) is 13.2 Å². The summed E-state index contributed by atoms with van der Waals surface area (Å²) in [5.41, 5.74) is 0. The Morgan fingerprint density at radius 3 is 1.93 bits per heavy atom. The third-order valence-corrected chi connectivity index (χ3v) is 1.86. The SMILES string of the molecule is C1=CC2=C(C=CC1)OCCCO2.CC. The van der Waals surface area contributed by atoms with Crippen LogP contribution in [0.25, 0.3) is 0 Å². The van der Waals surface area contributed by atoms with Gasteiger partial charge < -0.3 is 9.47 Å². The van der Waals surface area contributed by atoms with Gasteiger partial charge in [-0.05, 0) is 18.6 Å². The third-order valence-electron chi connectivity index (χ3n) is 1.86. The number of hydrogen-bond acceptors (Lipinski definition) is 2. The Hall–Kier alpha value is -1.18. The Balaban J connectivity index is 0.000000461. The second-order valence-electron chi connectivity index (χ2n) is 2.82. The van der Waals surface area contributed by atoms with Gasteiger partial charge in [0.15, 0.2) is 11.5 Å². The molecule has 0 saturated heterocycles. The average Bonchev–Trinajstić information content (AvgIpc) is 2.56. The lowest BCUT2D eigenvalue weighted by Gasteiger charge is -2.04. The molecule has 2 aliphatic rings. The summed E-state index contributed by atoms with van der Waals surface area (Å²) in [5, 5.41) is 0. The highest BCUT2D eigenvalue weighted by atomic mass is 16.5. The van der Waals surface area contributed by atoms with Crippen molar-refractivity contribution in [2.24, 2.45) is 0 Å². The molecule has 0 unspecified atom stereocenters. The van der Waals surface area contributed by atoms with Gasteiger partial charge in [-0.1, -0.05) is 26.0 Å². The molecule has 1 aliphatic carbocycles. The predicted octanol–water partition coefficient (Wildman–Crippen LogP) is 3.18. The molecule has 0 spiro atoms. The van der Waals surface area contributed by atoms with Crippen molar-refractivity contribution in [3.05, 3.63) is 35.8 Å². The zero-order valence-corrected chi connectivity index (χ0v) is 8.95. The molecule has 0 saturated carbocycles. The van der Waals surface area contributed by atoms with E-state index in [-0.39, 0.29) is 0 Å². The first-order valence-electron chi connectivity index (χ1n) is 5.30. The van der Waals surface area contributed by atoms with Crippen molar-refractivity contribution >= 4 is 0 Å². The van der Waals surface area contributed by atoms with Crippen LogP contribution in [0.1, 0.15) is 26.7 Å². The molecule has 14 heavy (non-hydrogen) atoms. The van der Waals surface area contributed by atoms with Gasteiger partial charge in [0.2, 0.25) is 0 Å². The summed E-state index contributed by atoms with van der Waals surface area (Å²) < 4.78 is 11.0. The summed E-state index contributed by atoms with van der Waals surface area (Å²) in [7, 11) is 0. The molecule has 2 nitrogen and oxygen atoms in total. The van der Waals surface area contributed by atoms with Crippen LogP contribution in [-0.4, -0.2) is 13.2 Å². The van der Waals surface area contributed by atoms with Gasteiger partial charge in [-0.3, -0.25) is 0 Å². The third kappa shape index (κ3) is 2.95. The van der Waals surface area contributed by atoms with Crippen molar-refractivity contribution in [1.82, 2.24) is 0 Å². The molecule has 0 aromatic carbocycles. The molecule has 0 fully saturated rings. The van der Waals surface area contributed by atoms with Crippen LogP contribution in [0.3, 0.4) is 0 Å². The van der Waals surface area contributed by atoms with Gasteiger partial charge in [-0.2, -0.15) is 0 Å². The number of rotatable bonds is 0. The van der Waals surface area contributed by atoms with Crippen LogP contribution in [0.5, 0.6) is 0 Å². The van der Waals surface area contributed by atoms with E-state index in [0.717, 1.165) is 37.6 Å². The highest BCUT2D eigenvalue weighted by Crippen LogP contribution is 2.18. The van der Waals surface area contributed by atoms with Crippen molar-refractivity contribution in [3.8, 4) is 0 Å². The van der Waals surface area contributed by atoms with Gasteiger partial charge in [-0.25, -0.2) is 0 Å². The highest BCUT2D eigenvalue weighted by Gasteiger charge is 2.09. The standard InChI is InChI=1S/C10H12O2.C2H6/c1-2-5-9-10(6-3-1)12-8-4-7-11-9;1-2/h2-3,5-6H,1,4,7-8H2;1-2H3. The minimum absolute atomic E-state index is 0.761. The van der Waals surface area contributed by atoms with Gasteiger partial charge in [0.1, 0.15) is 0 Å². The van der Waals surface area contributed by atoms with Crippen molar-refractivity contribution in [2.45, 2.75) is 26.7 Å². The first kappa shape index (κ1) is 10.9. The van der Waals surface area contributed by atoms with Crippen LogP contribution < -0.4 is 0 Å². The summed E-state index contributed by atoms with van der Waals surface area (Å²) >= 11 is 0. The van der Waals surface area contributed by atoms with E-state index in [1.165, 1.54) is 0 Å². The molecule has 1 aliphatic heterocycles. The lowest BCUT2D eigenvalue weighted by atomic mass is 10.4. The second kappa shape index (κ2) is 6.30. The topological polar surface area (TPSA) is 18.5 Å². The fourth-order valence-electron chi connectivity index (χ4n) is 1.25. The van der Waals surface area contributed by atoms with Crippen molar-refractivity contribution in [3.63, 3.8) is 0 Å². The molecule has 0 bridgehead atoms. The van der Waals surface area contributed by atoms with Gasteiger partial charge in [-0.15, -0.1) is 0 Å². The molecule has 0 N–H and O–H groups in total. The fraction of sp³-hybridized carbons (Fsp3) is 0.500. The van der Waals surface area contributed by atoms with Crippen molar-refractivity contribution < 1.29 is 9.47 Å². The summed E-state index contributed by atoms with van der Waals surface area (Å²) in [6.07, 6.45) is 10.1. The average molecular weight is 194 g/mol. The van der Waals surface area contributed by atoms with E-state index >= 15 is 0 Å². The number of hydrogen-bond donors (Lipinski definition) is 0. The Morgan fingerprint density at radius 1 is 0.929 bits per heavy atom. The van der Waals surface area contributed by atoms with Crippen LogP contribution >= 0.6 is 0 Å². The summed E-state index contributed by atoms with van der Waals surface area (Å²) in [4.78, 5) is 0. The quantitative estimate of drug-likeness (QED) is 0.589. The Kier molecular flexibility index (Phi) is 4.90. The maximum Gasteiger partial charge on any atom is 0.160 e. The molecule has 0 atom stereocenters. The van der Waals surface area contributed by atoms with Gasteiger partial charge in [0, 0.05) is 6.42 Å². The molecule has 2 heteroatoms. The smallest absolute Gasteiger partial charge is 0.160 e. The second-order valence-corrected chi connectivity index (χ2v) is 2.82. The normalized spacial score (nSPS) is 19.3. The lowest BCUT2D eigenvalue weighted by Crippen LogP contribution is -1.91.